The molecule has 0 aromatic rings. The molecule has 92 valence electrons. The molecule has 1 rings (SSSR count). The Bertz CT molecular complexity index is 277. The van der Waals surface area contributed by atoms with Gasteiger partial charge in [0.25, 0.3) is 5.79 Å². The van der Waals surface area contributed by atoms with Crippen molar-refractivity contribution in [2.75, 3.05) is 19.8 Å². The van der Waals surface area contributed by atoms with Crippen LogP contribution in [-0.2, 0) is 18.9 Å². The molecule has 0 aromatic heterocycles. The first-order chi connectivity index (χ1) is 7.45. The standard InChI is InChI=1S/C8H12O8/c1-8(4-14-7(12)16-8)15-6(11)13-3-5(10)2-9/h5,9-10H,2-4H2,1H3. The number of cyclic esters (lactones) is 2. The molecular weight excluding hydrogens is 224 g/mol. The second kappa shape index (κ2) is 4.99. The minimum absolute atomic E-state index is 0.233. The fraction of sp³-hybridized carbons (Fsp3) is 0.750. The lowest BCUT2D eigenvalue weighted by molar-refractivity contribution is -0.144. The smallest absolute Gasteiger partial charge is 0.431 e. The molecular formula is C8H12O8. The third kappa shape index (κ3) is 3.55. The molecule has 1 aliphatic rings. The molecule has 0 bridgehead atoms. The number of rotatable bonds is 4. The van der Waals surface area contributed by atoms with Gasteiger partial charge in [-0.05, 0) is 0 Å². The molecule has 2 unspecified atom stereocenters. The van der Waals surface area contributed by atoms with Gasteiger partial charge in [0.05, 0.1) is 6.61 Å². The predicted molar refractivity (Wildman–Crippen MR) is 46.4 cm³/mol. The van der Waals surface area contributed by atoms with Gasteiger partial charge < -0.3 is 29.2 Å². The van der Waals surface area contributed by atoms with Crippen LogP contribution >= 0.6 is 0 Å². The SMILES string of the molecule is CC1(OC(=O)OCC(O)CO)COC(=O)O1. The zero-order valence-electron chi connectivity index (χ0n) is 8.54. The van der Waals surface area contributed by atoms with E-state index in [0.29, 0.717) is 0 Å². The van der Waals surface area contributed by atoms with Gasteiger partial charge in [0.2, 0.25) is 0 Å². The molecule has 0 amide bonds. The minimum Gasteiger partial charge on any atom is -0.431 e. The molecule has 0 radical (unpaired) electrons. The van der Waals surface area contributed by atoms with Crippen molar-refractivity contribution in [1.82, 2.24) is 0 Å². The molecule has 8 heteroatoms. The molecule has 16 heavy (non-hydrogen) atoms. The number of carbonyl (C=O) groups is 2. The second-order valence-corrected chi connectivity index (χ2v) is 3.27. The molecule has 2 atom stereocenters. The van der Waals surface area contributed by atoms with Crippen LogP contribution in [0.2, 0.25) is 0 Å². The summed E-state index contributed by atoms with van der Waals surface area (Å²) in [7, 11) is 0. The van der Waals surface area contributed by atoms with E-state index >= 15 is 0 Å². The Morgan fingerprint density at radius 3 is 2.88 bits per heavy atom. The molecule has 0 spiro atoms. The van der Waals surface area contributed by atoms with Crippen molar-refractivity contribution < 1.29 is 38.7 Å². The quantitative estimate of drug-likeness (QED) is 0.621. The van der Waals surface area contributed by atoms with Crippen molar-refractivity contribution in [3.8, 4) is 0 Å². The number of carbonyl (C=O) groups excluding carboxylic acids is 2. The van der Waals surface area contributed by atoms with E-state index in [1.807, 2.05) is 0 Å². The molecule has 1 fully saturated rings. The summed E-state index contributed by atoms with van der Waals surface area (Å²) < 4.78 is 18.1. The van der Waals surface area contributed by atoms with Crippen molar-refractivity contribution in [3.63, 3.8) is 0 Å². The van der Waals surface area contributed by atoms with E-state index in [9.17, 15) is 9.59 Å². The first kappa shape index (κ1) is 12.5. The van der Waals surface area contributed by atoms with E-state index in [4.69, 9.17) is 10.2 Å². The Balaban J connectivity index is 2.31. The topological polar surface area (TPSA) is 112 Å². The van der Waals surface area contributed by atoms with Crippen LogP contribution in [0.25, 0.3) is 0 Å². The molecule has 0 aliphatic carbocycles. The van der Waals surface area contributed by atoms with Crippen LogP contribution in [0, 0.1) is 0 Å². The number of aliphatic hydroxyl groups is 2. The van der Waals surface area contributed by atoms with Gasteiger partial charge in [-0.1, -0.05) is 0 Å². The number of hydrogen-bond donors (Lipinski definition) is 2. The highest BCUT2D eigenvalue weighted by atomic mass is 16.9. The van der Waals surface area contributed by atoms with Gasteiger partial charge in [0.1, 0.15) is 12.7 Å². The number of ether oxygens (including phenoxy) is 4. The van der Waals surface area contributed by atoms with Gasteiger partial charge in [0.15, 0.2) is 6.61 Å². The van der Waals surface area contributed by atoms with Crippen LogP contribution in [0.4, 0.5) is 9.59 Å². The number of hydrogen-bond acceptors (Lipinski definition) is 8. The fourth-order valence-electron chi connectivity index (χ4n) is 0.898. The fourth-order valence-corrected chi connectivity index (χ4v) is 0.898. The van der Waals surface area contributed by atoms with Crippen LogP contribution in [0.1, 0.15) is 6.92 Å². The molecule has 1 aliphatic heterocycles. The molecule has 0 saturated carbocycles. The van der Waals surface area contributed by atoms with Crippen molar-refractivity contribution in [2.45, 2.75) is 18.8 Å². The number of aliphatic hydroxyl groups excluding tert-OH is 2. The Labute approximate surface area is 90.7 Å². The Morgan fingerprint density at radius 2 is 2.38 bits per heavy atom. The molecule has 8 nitrogen and oxygen atoms in total. The van der Waals surface area contributed by atoms with Crippen LogP contribution in [0.5, 0.6) is 0 Å². The highest BCUT2D eigenvalue weighted by Gasteiger charge is 2.42. The molecule has 1 heterocycles. The third-order valence-electron chi connectivity index (χ3n) is 1.65. The predicted octanol–water partition coefficient (Wildman–Crippen LogP) is -0.624. The van der Waals surface area contributed by atoms with Crippen LogP contribution in [0.3, 0.4) is 0 Å². The lowest BCUT2D eigenvalue weighted by Crippen LogP contribution is -2.35. The Kier molecular flexibility index (Phi) is 3.91. The first-order valence-electron chi connectivity index (χ1n) is 4.45. The first-order valence-corrected chi connectivity index (χ1v) is 4.45. The van der Waals surface area contributed by atoms with E-state index in [0.717, 1.165) is 0 Å². The van der Waals surface area contributed by atoms with E-state index in [-0.39, 0.29) is 6.61 Å². The summed E-state index contributed by atoms with van der Waals surface area (Å²) in [5.41, 5.74) is 0. The summed E-state index contributed by atoms with van der Waals surface area (Å²) in [6.45, 7) is 0.133. The summed E-state index contributed by atoms with van der Waals surface area (Å²) in [6, 6.07) is 0. The lowest BCUT2D eigenvalue weighted by Gasteiger charge is -2.19. The summed E-state index contributed by atoms with van der Waals surface area (Å²) in [5.74, 6) is -1.52. The van der Waals surface area contributed by atoms with Gasteiger partial charge in [-0.25, -0.2) is 9.59 Å². The average molecular weight is 236 g/mol. The monoisotopic (exact) mass is 236 g/mol. The lowest BCUT2D eigenvalue weighted by atomic mass is 10.4. The Morgan fingerprint density at radius 1 is 1.69 bits per heavy atom. The maximum absolute atomic E-state index is 11.0. The zero-order chi connectivity index (χ0) is 12.2. The van der Waals surface area contributed by atoms with Gasteiger partial charge in [-0.2, -0.15) is 0 Å². The van der Waals surface area contributed by atoms with E-state index in [2.05, 4.69) is 18.9 Å². The van der Waals surface area contributed by atoms with E-state index in [1.54, 1.807) is 0 Å². The van der Waals surface area contributed by atoms with Gasteiger partial charge in [-0.15, -0.1) is 0 Å². The van der Waals surface area contributed by atoms with Crippen LogP contribution < -0.4 is 0 Å². The third-order valence-corrected chi connectivity index (χ3v) is 1.65. The van der Waals surface area contributed by atoms with Crippen molar-refractivity contribution in [2.24, 2.45) is 0 Å². The maximum atomic E-state index is 11.0. The van der Waals surface area contributed by atoms with Crippen LogP contribution in [0.15, 0.2) is 0 Å². The average Bonchev–Trinajstić information content (AvgIpc) is 2.54. The van der Waals surface area contributed by atoms with Crippen molar-refractivity contribution >= 4 is 12.3 Å². The van der Waals surface area contributed by atoms with Crippen molar-refractivity contribution in [3.05, 3.63) is 0 Å². The molecule has 0 aromatic carbocycles. The second-order valence-electron chi connectivity index (χ2n) is 3.27. The molecule has 2 N–H and O–H groups in total. The summed E-state index contributed by atoms with van der Waals surface area (Å²) in [5, 5.41) is 17.3. The maximum Gasteiger partial charge on any atom is 0.511 e. The van der Waals surface area contributed by atoms with Gasteiger partial charge in [0, 0.05) is 6.92 Å². The van der Waals surface area contributed by atoms with Gasteiger partial charge in [-0.3, -0.25) is 0 Å². The highest BCUT2D eigenvalue weighted by molar-refractivity contribution is 5.64. The summed E-state index contributed by atoms with van der Waals surface area (Å²) in [4.78, 5) is 21.7. The summed E-state index contributed by atoms with van der Waals surface area (Å²) in [6.07, 6.45) is -3.25. The van der Waals surface area contributed by atoms with Crippen LogP contribution in [-0.4, -0.2) is 54.2 Å². The molecule has 1 saturated heterocycles. The van der Waals surface area contributed by atoms with E-state index < -0.39 is 37.4 Å². The normalized spacial score (nSPS) is 25.6. The highest BCUT2D eigenvalue weighted by Crippen LogP contribution is 2.21. The largest absolute Gasteiger partial charge is 0.511 e. The van der Waals surface area contributed by atoms with Crippen molar-refractivity contribution in [1.29, 1.82) is 0 Å². The summed E-state index contributed by atoms with van der Waals surface area (Å²) >= 11 is 0. The Hall–Kier alpha value is -1.54. The zero-order valence-corrected chi connectivity index (χ0v) is 8.54. The minimum atomic E-state index is -1.52. The van der Waals surface area contributed by atoms with E-state index in [1.165, 1.54) is 6.92 Å². The van der Waals surface area contributed by atoms with Gasteiger partial charge >= 0.3 is 12.3 Å².